The van der Waals surface area contributed by atoms with Crippen LogP contribution in [0.2, 0.25) is 0 Å². The Hall–Kier alpha value is -4.19. The van der Waals surface area contributed by atoms with E-state index in [1.807, 2.05) is 42.5 Å². The molecular formula is C28H21NO5. The number of benzene rings is 3. The van der Waals surface area contributed by atoms with Gasteiger partial charge in [0.2, 0.25) is 0 Å². The van der Waals surface area contributed by atoms with Gasteiger partial charge in [-0.2, -0.15) is 0 Å². The fraction of sp³-hybridized carbons (Fsp3) is 0.179. The summed E-state index contributed by atoms with van der Waals surface area (Å²) in [6, 6.07) is 15.0. The Bertz CT molecular complexity index is 1750. The van der Waals surface area contributed by atoms with Crippen LogP contribution in [-0.2, 0) is 4.79 Å². The minimum atomic E-state index is -0.798. The van der Waals surface area contributed by atoms with Gasteiger partial charge in [0.25, 0.3) is 11.1 Å². The maximum Gasteiger partial charge on any atom is 0.303 e. The summed E-state index contributed by atoms with van der Waals surface area (Å²) in [5, 5.41) is 13.1. The van der Waals surface area contributed by atoms with Crippen molar-refractivity contribution < 1.29 is 14.3 Å². The predicted molar refractivity (Wildman–Crippen MR) is 133 cm³/mol. The van der Waals surface area contributed by atoms with Gasteiger partial charge in [0.05, 0.1) is 0 Å². The molecule has 0 fully saturated rings. The lowest BCUT2D eigenvalue weighted by molar-refractivity contribution is -0.137. The maximum atomic E-state index is 13.5. The molecule has 3 aromatic carbocycles. The largest absolute Gasteiger partial charge is 0.481 e. The van der Waals surface area contributed by atoms with Crippen molar-refractivity contribution in [3.8, 4) is 0 Å². The number of fused-ring (bicyclic) bond motifs is 2. The molecule has 6 nitrogen and oxygen atoms in total. The molecule has 0 bridgehead atoms. The number of pyridine rings is 1. The third-order valence-electron chi connectivity index (χ3n) is 6.78. The zero-order valence-corrected chi connectivity index (χ0v) is 18.3. The molecule has 0 aliphatic heterocycles. The highest BCUT2D eigenvalue weighted by Crippen LogP contribution is 2.36. The lowest BCUT2D eigenvalue weighted by atomic mass is 9.93. The van der Waals surface area contributed by atoms with Gasteiger partial charge >= 0.3 is 5.97 Å². The van der Waals surface area contributed by atoms with Crippen molar-refractivity contribution in [3.05, 3.63) is 87.5 Å². The fourth-order valence-electron chi connectivity index (χ4n) is 5.14. The van der Waals surface area contributed by atoms with Crippen LogP contribution >= 0.6 is 0 Å². The Kier molecular flexibility index (Phi) is 4.62. The first kappa shape index (κ1) is 20.4. The number of carbonyl (C=O) groups is 1. The van der Waals surface area contributed by atoms with Crippen molar-refractivity contribution in [3.63, 3.8) is 0 Å². The van der Waals surface area contributed by atoms with Gasteiger partial charge in [0.15, 0.2) is 0 Å². The Morgan fingerprint density at radius 2 is 1.65 bits per heavy atom. The van der Waals surface area contributed by atoms with Gasteiger partial charge < -0.3 is 9.52 Å². The van der Waals surface area contributed by atoms with E-state index in [1.165, 1.54) is 4.57 Å². The van der Waals surface area contributed by atoms with E-state index in [0.717, 1.165) is 28.2 Å². The van der Waals surface area contributed by atoms with Crippen LogP contribution in [0, 0.1) is 5.92 Å². The molecule has 1 aliphatic carbocycles. The minimum Gasteiger partial charge on any atom is -0.481 e. The second-order valence-corrected chi connectivity index (χ2v) is 8.84. The minimum absolute atomic E-state index is 0.142. The second kappa shape index (κ2) is 7.70. The zero-order chi connectivity index (χ0) is 23.4. The van der Waals surface area contributed by atoms with E-state index in [1.54, 1.807) is 24.3 Å². The Morgan fingerprint density at radius 3 is 2.38 bits per heavy atom. The molecule has 2 aromatic heterocycles. The molecule has 1 aliphatic rings. The van der Waals surface area contributed by atoms with Gasteiger partial charge in [0.1, 0.15) is 11.2 Å². The first-order valence-electron chi connectivity index (χ1n) is 11.4. The Labute approximate surface area is 193 Å². The average Bonchev–Trinajstić information content (AvgIpc) is 2.84. The number of allylic oxidation sites excluding steroid dienone is 4. The van der Waals surface area contributed by atoms with Gasteiger partial charge in [-0.15, -0.1) is 0 Å². The van der Waals surface area contributed by atoms with Crippen LogP contribution in [0.4, 0.5) is 0 Å². The van der Waals surface area contributed by atoms with E-state index in [9.17, 15) is 14.4 Å². The van der Waals surface area contributed by atoms with Crippen molar-refractivity contribution in [2.75, 3.05) is 0 Å². The highest BCUT2D eigenvalue weighted by Gasteiger charge is 2.21. The molecule has 6 heteroatoms. The molecule has 168 valence electrons. The van der Waals surface area contributed by atoms with Gasteiger partial charge in [-0.05, 0) is 60.9 Å². The molecule has 0 saturated carbocycles. The highest BCUT2D eigenvalue weighted by molar-refractivity contribution is 6.26. The Balaban J connectivity index is 1.51. The maximum absolute atomic E-state index is 13.5. The molecule has 34 heavy (non-hydrogen) atoms. The number of rotatable bonds is 5. The number of para-hydroxylation sites is 1. The number of hydrogen-bond donors (Lipinski definition) is 1. The average molecular weight is 451 g/mol. The first-order chi connectivity index (χ1) is 16.5. The van der Waals surface area contributed by atoms with Crippen LogP contribution in [0.25, 0.3) is 49.2 Å². The summed E-state index contributed by atoms with van der Waals surface area (Å²) in [4.78, 5) is 37.8. The monoisotopic (exact) mass is 451 g/mol. The van der Waals surface area contributed by atoms with Crippen molar-refractivity contribution in [2.45, 2.75) is 25.7 Å². The van der Waals surface area contributed by atoms with Crippen molar-refractivity contribution >= 4 is 55.1 Å². The molecule has 0 saturated heterocycles. The van der Waals surface area contributed by atoms with Gasteiger partial charge in [0, 0.05) is 39.0 Å². The number of aliphatic carboxylic acids is 1. The van der Waals surface area contributed by atoms with E-state index in [2.05, 4.69) is 0 Å². The summed E-state index contributed by atoms with van der Waals surface area (Å²) in [7, 11) is 0. The van der Waals surface area contributed by atoms with E-state index in [0.29, 0.717) is 40.3 Å². The van der Waals surface area contributed by atoms with Gasteiger partial charge in [-0.3, -0.25) is 14.4 Å². The molecule has 5 aromatic rings. The number of nitrogens with zero attached hydrogens (tertiary/aromatic N) is 1. The third kappa shape index (κ3) is 3.06. The predicted octanol–water partition coefficient (Wildman–Crippen LogP) is 5.52. The molecule has 1 atom stereocenters. The number of carboxylic acids is 1. The second-order valence-electron chi connectivity index (χ2n) is 8.84. The van der Waals surface area contributed by atoms with E-state index < -0.39 is 5.97 Å². The van der Waals surface area contributed by atoms with Gasteiger partial charge in [-0.1, -0.05) is 36.4 Å². The summed E-state index contributed by atoms with van der Waals surface area (Å²) >= 11 is 0. The van der Waals surface area contributed by atoms with Crippen LogP contribution in [0.5, 0.6) is 0 Å². The van der Waals surface area contributed by atoms with Crippen molar-refractivity contribution in [1.82, 2.24) is 4.57 Å². The number of hydrogen-bond acceptors (Lipinski definition) is 4. The lowest BCUT2D eigenvalue weighted by Crippen LogP contribution is -2.32. The summed E-state index contributed by atoms with van der Waals surface area (Å²) in [6.45, 7) is 0. The Morgan fingerprint density at radius 1 is 0.912 bits per heavy atom. The molecule has 2 heterocycles. The van der Waals surface area contributed by atoms with E-state index in [4.69, 9.17) is 9.52 Å². The van der Waals surface area contributed by atoms with Crippen molar-refractivity contribution in [2.24, 2.45) is 5.92 Å². The van der Waals surface area contributed by atoms with E-state index in [-0.39, 0.29) is 23.5 Å². The molecule has 0 radical (unpaired) electrons. The molecular weight excluding hydrogens is 430 g/mol. The van der Waals surface area contributed by atoms with Gasteiger partial charge in [-0.25, -0.2) is 4.57 Å². The van der Waals surface area contributed by atoms with Crippen LogP contribution in [0.1, 0.15) is 25.7 Å². The third-order valence-corrected chi connectivity index (χ3v) is 6.78. The molecule has 0 amide bonds. The normalized spacial score (nSPS) is 16.1. The number of aromatic nitrogens is 1. The summed E-state index contributed by atoms with van der Waals surface area (Å²) in [5.74, 6) is -0.595. The van der Waals surface area contributed by atoms with E-state index >= 15 is 0 Å². The lowest BCUT2D eigenvalue weighted by Gasteiger charge is -2.18. The summed E-state index contributed by atoms with van der Waals surface area (Å²) < 4.78 is 7.36. The highest BCUT2D eigenvalue weighted by atomic mass is 16.4. The van der Waals surface area contributed by atoms with Crippen molar-refractivity contribution in [1.29, 1.82) is 0 Å². The molecule has 6 rings (SSSR count). The zero-order valence-electron chi connectivity index (χ0n) is 18.3. The van der Waals surface area contributed by atoms with Crippen LogP contribution < -0.4 is 11.1 Å². The number of carboxylic acid groups (broad SMARTS) is 1. The van der Waals surface area contributed by atoms with Crippen LogP contribution in [0.15, 0.2) is 80.8 Å². The fourth-order valence-corrected chi connectivity index (χ4v) is 5.14. The smallest absolute Gasteiger partial charge is 0.303 e. The van der Waals surface area contributed by atoms with Crippen LogP contribution in [0.3, 0.4) is 0 Å². The molecule has 1 unspecified atom stereocenters. The topological polar surface area (TPSA) is 89.5 Å². The molecule has 1 N–H and O–H groups in total. The molecule has 0 spiro atoms. The first-order valence-corrected chi connectivity index (χ1v) is 11.4. The standard InChI is InChI=1S/C28H21NO5/c30-24(31)7-3-4-16-8-10-17(11-9-16)29-27(32)20-13-12-19-18-5-1-2-6-22(18)34-23-15-14-21(28(29)33)25(20)26(19)23/h1-2,5-6,8,10-16H,3-4,7,9H2,(H,30,31). The summed E-state index contributed by atoms with van der Waals surface area (Å²) in [5.41, 5.74) is 1.26. The quantitative estimate of drug-likeness (QED) is 0.281. The summed E-state index contributed by atoms with van der Waals surface area (Å²) in [6.07, 6.45) is 7.82. The SMILES string of the molecule is O=C(O)CCCC1C=CC(n2c(=O)c3ccc4oc5ccccc5c5ccc(c2=O)c3c45)=CC1. The van der Waals surface area contributed by atoms with Crippen LogP contribution in [-0.4, -0.2) is 15.6 Å².